The number of hydrogen-bond acceptors (Lipinski definition) is 4. The van der Waals surface area contributed by atoms with Gasteiger partial charge in [0.15, 0.2) is 0 Å². The summed E-state index contributed by atoms with van der Waals surface area (Å²) < 4.78 is 0. The molecule has 2 heterocycles. The third-order valence-electron chi connectivity index (χ3n) is 7.23. The van der Waals surface area contributed by atoms with Gasteiger partial charge in [-0.1, -0.05) is 60.7 Å². The van der Waals surface area contributed by atoms with E-state index in [0.717, 1.165) is 24.0 Å². The van der Waals surface area contributed by atoms with Gasteiger partial charge in [-0.2, -0.15) is 0 Å². The normalized spacial score (nSPS) is 24.3. The SMILES string of the molecule is CNC(=O)[C@H]1C[C@]2(CCCCN(CCO)C2=O)N(C(=O)NCc2ccccc2)[C@H]1c1ccccc1. The minimum Gasteiger partial charge on any atom is -0.395 e. The molecular formula is C27H34N4O4. The van der Waals surface area contributed by atoms with Gasteiger partial charge >= 0.3 is 6.03 Å². The zero-order valence-corrected chi connectivity index (χ0v) is 20.2. The number of likely N-dealkylation sites (tertiary alicyclic amines) is 2. The predicted molar refractivity (Wildman–Crippen MR) is 132 cm³/mol. The Labute approximate surface area is 206 Å². The monoisotopic (exact) mass is 478 g/mol. The van der Waals surface area contributed by atoms with Crippen molar-refractivity contribution < 1.29 is 19.5 Å². The highest BCUT2D eigenvalue weighted by Gasteiger charge is 2.61. The van der Waals surface area contributed by atoms with Crippen LogP contribution in [0.2, 0.25) is 0 Å². The molecule has 0 unspecified atom stereocenters. The van der Waals surface area contributed by atoms with E-state index in [4.69, 9.17) is 0 Å². The van der Waals surface area contributed by atoms with Crippen molar-refractivity contribution in [3.8, 4) is 0 Å². The van der Waals surface area contributed by atoms with Crippen molar-refractivity contribution in [2.45, 2.75) is 43.8 Å². The Morgan fingerprint density at radius 1 is 1.06 bits per heavy atom. The maximum atomic E-state index is 14.0. The van der Waals surface area contributed by atoms with E-state index in [-0.39, 0.29) is 37.4 Å². The number of urea groups is 1. The van der Waals surface area contributed by atoms with Gasteiger partial charge < -0.3 is 25.5 Å². The van der Waals surface area contributed by atoms with E-state index in [9.17, 15) is 19.5 Å². The fourth-order valence-corrected chi connectivity index (χ4v) is 5.62. The molecule has 2 aliphatic rings. The van der Waals surface area contributed by atoms with Crippen LogP contribution >= 0.6 is 0 Å². The lowest BCUT2D eigenvalue weighted by Gasteiger charge is -2.41. The summed E-state index contributed by atoms with van der Waals surface area (Å²) in [7, 11) is 1.59. The first-order valence-corrected chi connectivity index (χ1v) is 12.3. The van der Waals surface area contributed by atoms with Gasteiger partial charge in [-0.15, -0.1) is 0 Å². The van der Waals surface area contributed by atoms with Crippen LogP contribution in [0.25, 0.3) is 0 Å². The molecule has 2 saturated heterocycles. The zero-order chi connectivity index (χ0) is 24.8. The second kappa shape index (κ2) is 10.9. The fourth-order valence-electron chi connectivity index (χ4n) is 5.62. The number of amides is 4. The maximum Gasteiger partial charge on any atom is 0.319 e. The third kappa shape index (κ3) is 4.89. The molecule has 0 aliphatic carbocycles. The van der Waals surface area contributed by atoms with Crippen LogP contribution in [0.4, 0.5) is 4.79 Å². The summed E-state index contributed by atoms with van der Waals surface area (Å²) in [6.45, 7) is 0.901. The molecular weight excluding hydrogens is 444 g/mol. The fraction of sp³-hybridized carbons (Fsp3) is 0.444. The molecule has 4 amide bonds. The number of nitrogens with one attached hydrogen (secondary N) is 2. The molecule has 8 heteroatoms. The molecule has 0 radical (unpaired) electrons. The summed E-state index contributed by atoms with van der Waals surface area (Å²) in [5.74, 6) is -0.962. The number of hydrogen-bond donors (Lipinski definition) is 3. The van der Waals surface area contributed by atoms with E-state index in [1.807, 2.05) is 60.7 Å². The van der Waals surface area contributed by atoms with E-state index < -0.39 is 17.5 Å². The zero-order valence-electron chi connectivity index (χ0n) is 20.2. The van der Waals surface area contributed by atoms with Gasteiger partial charge in [0.2, 0.25) is 11.8 Å². The lowest BCUT2D eigenvalue weighted by atomic mass is 9.85. The Morgan fingerprint density at radius 3 is 2.40 bits per heavy atom. The number of carbonyl (C=O) groups is 3. The number of carbonyl (C=O) groups excluding carboxylic acids is 3. The molecule has 1 spiro atoms. The maximum absolute atomic E-state index is 14.0. The first-order chi connectivity index (χ1) is 17.0. The largest absolute Gasteiger partial charge is 0.395 e. The molecule has 0 bridgehead atoms. The van der Waals surface area contributed by atoms with E-state index in [2.05, 4.69) is 10.6 Å². The molecule has 0 saturated carbocycles. The van der Waals surface area contributed by atoms with Crippen molar-refractivity contribution in [2.24, 2.45) is 5.92 Å². The standard InChI is InChI=1S/C27H34N4O4/c1-28-24(33)22-18-27(14-8-9-15-30(16-17-32)25(27)34)31(23(22)21-12-6-3-7-13-21)26(35)29-19-20-10-4-2-5-11-20/h2-7,10-13,22-23,32H,8-9,14-19H2,1H3,(H,28,33)(H,29,35)/t22-,23-,27-/m0/s1. The molecule has 2 fully saturated rings. The highest BCUT2D eigenvalue weighted by atomic mass is 16.3. The summed E-state index contributed by atoms with van der Waals surface area (Å²) in [6.07, 6.45) is 2.25. The Kier molecular flexibility index (Phi) is 7.70. The van der Waals surface area contributed by atoms with Crippen LogP contribution in [0.3, 0.4) is 0 Å². The number of aliphatic hydroxyl groups is 1. The van der Waals surface area contributed by atoms with E-state index in [1.165, 1.54) is 0 Å². The minimum atomic E-state index is -1.16. The molecule has 35 heavy (non-hydrogen) atoms. The van der Waals surface area contributed by atoms with E-state index in [0.29, 0.717) is 19.5 Å². The summed E-state index contributed by atoms with van der Waals surface area (Å²) in [4.78, 5) is 44.4. The Morgan fingerprint density at radius 2 is 1.74 bits per heavy atom. The summed E-state index contributed by atoms with van der Waals surface area (Å²) in [6, 6.07) is 18.1. The van der Waals surface area contributed by atoms with E-state index >= 15 is 0 Å². The molecule has 2 aromatic carbocycles. The molecule has 0 aromatic heterocycles. The second-order valence-electron chi connectivity index (χ2n) is 9.30. The third-order valence-corrected chi connectivity index (χ3v) is 7.23. The number of rotatable bonds is 6. The lowest BCUT2D eigenvalue weighted by Crippen LogP contribution is -2.60. The average molecular weight is 479 g/mol. The number of nitrogens with zero attached hydrogens (tertiary/aromatic N) is 2. The van der Waals surface area contributed by atoms with Gasteiger partial charge in [0, 0.05) is 26.7 Å². The van der Waals surface area contributed by atoms with Crippen LogP contribution in [0.15, 0.2) is 60.7 Å². The first kappa shape index (κ1) is 24.7. The van der Waals surface area contributed by atoms with Crippen LogP contribution in [0, 0.1) is 5.92 Å². The summed E-state index contributed by atoms with van der Waals surface area (Å²) in [5, 5.41) is 15.4. The second-order valence-corrected chi connectivity index (χ2v) is 9.30. The highest BCUT2D eigenvalue weighted by molar-refractivity contribution is 5.94. The number of benzene rings is 2. The van der Waals surface area contributed by atoms with Gasteiger partial charge in [-0.05, 0) is 36.8 Å². The lowest BCUT2D eigenvalue weighted by molar-refractivity contribution is -0.142. The van der Waals surface area contributed by atoms with Crippen molar-refractivity contribution in [1.82, 2.24) is 20.4 Å². The van der Waals surface area contributed by atoms with Crippen LogP contribution in [0.1, 0.15) is 42.9 Å². The predicted octanol–water partition coefficient (Wildman–Crippen LogP) is 2.45. The van der Waals surface area contributed by atoms with Crippen LogP contribution in [-0.2, 0) is 16.1 Å². The van der Waals surface area contributed by atoms with Crippen LogP contribution in [-0.4, -0.2) is 65.0 Å². The van der Waals surface area contributed by atoms with Gasteiger partial charge in [-0.3, -0.25) is 9.59 Å². The summed E-state index contributed by atoms with van der Waals surface area (Å²) >= 11 is 0. The van der Waals surface area contributed by atoms with Gasteiger partial charge in [0.25, 0.3) is 0 Å². The smallest absolute Gasteiger partial charge is 0.319 e. The molecule has 3 atom stereocenters. The molecule has 2 aromatic rings. The van der Waals surface area contributed by atoms with Crippen molar-refractivity contribution >= 4 is 17.8 Å². The van der Waals surface area contributed by atoms with Crippen molar-refractivity contribution in [1.29, 1.82) is 0 Å². The van der Waals surface area contributed by atoms with Gasteiger partial charge in [0.1, 0.15) is 5.54 Å². The Balaban J connectivity index is 1.78. The number of aliphatic hydroxyl groups excluding tert-OH is 1. The van der Waals surface area contributed by atoms with Gasteiger partial charge in [0.05, 0.1) is 18.6 Å². The topological polar surface area (TPSA) is 102 Å². The van der Waals surface area contributed by atoms with Crippen molar-refractivity contribution in [3.05, 3.63) is 71.8 Å². The van der Waals surface area contributed by atoms with E-state index in [1.54, 1.807) is 16.8 Å². The quantitative estimate of drug-likeness (QED) is 0.594. The van der Waals surface area contributed by atoms with Crippen LogP contribution < -0.4 is 10.6 Å². The average Bonchev–Trinajstić information content (AvgIpc) is 3.17. The molecule has 4 rings (SSSR count). The number of β-amino-alcohol motifs (C(OH)–C–C–N with tert-alkyl or cyclic N) is 1. The molecule has 186 valence electrons. The van der Waals surface area contributed by atoms with Crippen molar-refractivity contribution in [3.63, 3.8) is 0 Å². The molecule has 8 nitrogen and oxygen atoms in total. The van der Waals surface area contributed by atoms with Crippen LogP contribution in [0.5, 0.6) is 0 Å². The Bertz CT molecular complexity index is 1030. The highest BCUT2D eigenvalue weighted by Crippen LogP contribution is 2.50. The first-order valence-electron chi connectivity index (χ1n) is 12.3. The molecule has 3 N–H and O–H groups in total. The summed E-state index contributed by atoms with van der Waals surface area (Å²) in [5.41, 5.74) is 0.602. The van der Waals surface area contributed by atoms with Gasteiger partial charge in [-0.25, -0.2) is 4.79 Å². The minimum absolute atomic E-state index is 0.150. The van der Waals surface area contributed by atoms with Crippen molar-refractivity contribution in [2.75, 3.05) is 26.7 Å². The molecule has 2 aliphatic heterocycles. The Hall–Kier alpha value is -3.39.